The van der Waals surface area contributed by atoms with Gasteiger partial charge in [-0.3, -0.25) is 4.79 Å². The summed E-state index contributed by atoms with van der Waals surface area (Å²) in [6.07, 6.45) is -2.11. The molecule has 2 amide bonds. The molecular weight excluding hydrogens is 377 g/mol. The van der Waals surface area contributed by atoms with Crippen LogP contribution in [0.25, 0.3) is 5.69 Å². The van der Waals surface area contributed by atoms with Gasteiger partial charge in [-0.1, -0.05) is 6.92 Å². The molecule has 2 aromatic rings. The number of urea groups is 1. The van der Waals surface area contributed by atoms with E-state index in [1.807, 2.05) is 6.92 Å². The average Bonchev–Trinajstić information content (AvgIpc) is 3.28. The maximum atomic E-state index is 12.7. The molecule has 0 radical (unpaired) electrons. The normalized spacial score (nSPS) is 17.0. The average molecular weight is 396 g/mol. The molecule has 0 bridgehead atoms. The molecule has 1 aliphatic heterocycles. The predicted octanol–water partition coefficient (Wildman–Crippen LogP) is 3.39. The van der Waals surface area contributed by atoms with Gasteiger partial charge in [-0.15, -0.1) is 0 Å². The number of anilines is 1. The summed E-state index contributed by atoms with van der Waals surface area (Å²) in [4.78, 5) is 24.9. The fraction of sp³-hybridized carbons (Fsp3) is 0.389. The number of likely N-dealkylation sites (tertiary alicyclic amines) is 1. The highest BCUT2D eigenvalue weighted by molar-refractivity contribution is 5.90. The van der Waals surface area contributed by atoms with E-state index in [4.69, 9.17) is 5.11 Å². The van der Waals surface area contributed by atoms with Crippen molar-refractivity contribution < 1.29 is 27.9 Å². The SMILES string of the molecule is CCc1c(NC(=O)N2CCC(C(=O)O)C2)cnn1-c1ccc(C(F)(F)F)cc1. The predicted molar refractivity (Wildman–Crippen MR) is 94.3 cm³/mol. The lowest BCUT2D eigenvalue weighted by atomic mass is 10.1. The molecule has 1 aromatic heterocycles. The Morgan fingerprint density at radius 1 is 1.29 bits per heavy atom. The Hall–Kier alpha value is -3.04. The first kappa shape index (κ1) is 19.7. The molecule has 150 valence electrons. The monoisotopic (exact) mass is 396 g/mol. The number of hydrogen-bond donors (Lipinski definition) is 2. The molecule has 1 aromatic carbocycles. The summed E-state index contributed by atoms with van der Waals surface area (Å²) in [7, 11) is 0. The van der Waals surface area contributed by atoms with Crippen LogP contribution in [-0.2, 0) is 17.4 Å². The van der Waals surface area contributed by atoms with Crippen molar-refractivity contribution in [2.75, 3.05) is 18.4 Å². The number of aliphatic carboxylic acids is 1. The van der Waals surface area contributed by atoms with Gasteiger partial charge in [0.05, 0.1) is 34.7 Å². The van der Waals surface area contributed by atoms with Crippen LogP contribution in [0.3, 0.4) is 0 Å². The van der Waals surface area contributed by atoms with Gasteiger partial charge in [-0.2, -0.15) is 18.3 Å². The maximum Gasteiger partial charge on any atom is 0.416 e. The molecule has 1 atom stereocenters. The standard InChI is InChI=1S/C18H19F3N4O3/c1-2-15-14(23-17(28)24-8-7-11(10-24)16(26)27)9-22-25(15)13-5-3-12(4-6-13)18(19,20)21/h3-6,9,11H,2,7-8,10H2,1H3,(H,23,28)(H,26,27). The summed E-state index contributed by atoms with van der Waals surface area (Å²) in [5.41, 5.74) is 0.753. The molecule has 10 heteroatoms. The number of amides is 2. The van der Waals surface area contributed by atoms with Crippen molar-refractivity contribution in [3.05, 3.63) is 41.7 Å². The van der Waals surface area contributed by atoms with Crippen LogP contribution in [0.4, 0.5) is 23.7 Å². The molecule has 2 N–H and O–H groups in total. The van der Waals surface area contributed by atoms with Crippen LogP contribution in [0.2, 0.25) is 0 Å². The lowest BCUT2D eigenvalue weighted by Crippen LogP contribution is -2.34. The van der Waals surface area contributed by atoms with Crippen molar-refractivity contribution in [3.63, 3.8) is 0 Å². The first-order valence-electron chi connectivity index (χ1n) is 8.74. The minimum Gasteiger partial charge on any atom is -0.481 e. The topological polar surface area (TPSA) is 87.5 Å². The van der Waals surface area contributed by atoms with Gasteiger partial charge in [0.2, 0.25) is 0 Å². The van der Waals surface area contributed by atoms with Gasteiger partial charge < -0.3 is 15.3 Å². The number of aromatic nitrogens is 2. The highest BCUT2D eigenvalue weighted by Crippen LogP contribution is 2.30. The quantitative estimate of drug-likeness (QED) is 0.829. The Balaban J connectivity index is 1.77. The third-order valence-corrected chi connectivity index (χ3v) is 4.71. The van der Waals surface area contributed by atoms with Gasteiger partial charge in [0.15, 0.2) is 0 Å². The summed E-state index contributed by atoms with van der Waals surface area (Å²) >= 11 is 0. The highest BCUT2D eigenvalue weighted by atomic mass is 19.4. The van der Waals surface area contributed by atoms with Crippen molar-refractivity contribution in [1.29, 1.82) is 0 Å². The Kier molecular flexibility index (Phi) is 5.30. The Morgan fingerprint density at radius 3 is 2.50 bits per heavy atom. The third kappa shape index (κ3) is 3.95. The zero-order valence-corrected chi connectivity index (χ0v) is 15.0. The summed E-state index contributed by atoms with van der Waals surface area (Å²) in [5.74, 6) is -1.51. The molecule has 0 aliphatic carbocycles. The van der Waals surface area contributed by atoms with Gasteiger partial charge in [0, 0.05) is 13.1 Å². The second kappa shape index (κ2) is 7.53. The van der Waals surface area contributed by atoms with E-state index in [1.165, 1.54) is 27.9 Å². The molecule has 1 fully saturated rings. The molecule has 3 rings (SSSR count). The third-order valence-electron chi connectivity index (χ3n) is 4.71. The molecule has 2 heterocycles. The largest absolute Gasteiger partial charge is 0.481 e. The summed E-state index contributed by atoms with van der Waals surface area (Å²) in [6, 6.07) is 4.16. The molecule has 0 saturated carbocycles. The molecular formula is C18H19F3N4O3. The van der Waals surface area contributed by atoms with E-state index in [0.717, 1.165) is 12.1 Å². The zero-order valence-electron chi connectivity index (χ0n) is 15.0. The summed E-state index contributed by atoms with van der Waals surface area (Å²) < 4.78 is 39.7. The van der Waals surface area contributed by atoms with Crippen LogP contribution in [0, 0.1) is 5.92 Å². The molecule has 1 aliphatic rings. The van der Waals surface area contributed by atoms with Crippen LogP contribution in [0.15, 0.2) is 30.5 Å². The molecule has 1 saturated heterocycles. The molecule has 7 nitrogen and oxygen atoms in total. The summed E-state index contributed by atoms with van der Waals surface area (Å²) in [5, 5.41) is 15.9. The number of carboxylic acid groups (broad SMARTS) is 1. The number of carboxylic acids is 1. The van der Waals surface area contributed by atoms with Gasteiger partial charge in [-0.25, -0.2) is 9.48 Å². The number of nitrogens with zero attached hydrogens (tertiary/aromatic N) is 3. The van der Waals surface area contributed by atoms with E-state index in [-0.39, 0.29) is 6.54 Å². The molecule has 0 spiro atoms. The first-order valence-corrected chi connectivity index (χ1v) is 8.74. The Morgan fingerprint density at radius 2 is 1.96 bits per heavy atom. The second-order valence-electron chi connectivity index (χ2n) is 6.51. The van der Waals surface area contributed by atoms with Gasteiger partial charge in [0.25, 0.3) is 0 Å². The molecule has 1 unspecified atom stereocenters. The van der Waals surface area contributed by atoms with Crippen LogP contribution in [0.1, 0.15) is 24.6 Å². The van der Waals surface area contributed by atoms with E-state index >= 15 is 0 Å². The minimum absolute atomic E-state index is 0.135. The summed E-state index contributed by atoms with van der Waals surface area (Å²) in [6.45, 7) is 2.32. The smallest absolute Gasteiger partial charge is 0.416 e. The van der Waals surface area contributed by atoms with Crippen molar-refractivity contribution in [2.24, 2.45) is 5.92 Å². The van der Waals surface area contributed by atoms with Crippen LogP contribution < -0.4 is 5.32 Å². The van der Waals surface area contributed by atoms with Crippen molar-refractivity contribution in [1.82, 2.24) is 14.7 Å². The number of alkyl halides is 3. The van der Waals surface area contributed by atoms with E-state index in [2.05, 4.69) is 10.4 Å². The first-order chi connectivity index (χ1) is 13.2. The zero-order chi connectivity index (χ0) is 20.5. The number of carbonyl (C=O) groups is 2. The Bertz CT molecular complexity index is 877. The number of hydrogen-bond acceptors (Lipinski definition) is 3. The van der Waals surface area contributed by atoms with Gasteiger partial charge in [-0.05, 0) is 37.1 Å². The van der Waals surface area contributed by atoms with Crippen molar-refractivity contribution >= 4 is 17.7 Å². The lowest BCUT2D eigenvalue weighted by Gasteiger charge is -2.17. The second-order valence-corrected chi connectivity index (χ2v) is 6.51. The van der Waals surface area contributed by atoms with Gasteiger partial charge >= 0.3 is 18.2 Å². The van der Waals surface area contributed by atoms with E-state index in [9.17, 15) is 22.8 Å². The fourth-order valence-electron chi connectivity index (χ4n) is 3.17. The van der Waals surface area contributed by atoms with Crippen LogP contribution >= 0.6 is 0 Å². The van der Waals surface area contributed by atoms with Gasteiger partial charge in [0.1, 0.15) is 0 Å². The highest BCUT2D eigenvalue weighted by Gasteiger charge is 2.32. The maximum absolute atomic E-state index is 12.7. The number of halogens is 3. The van der Waals surface area contributed by atoms with E-state index in [1.54, 1.807) is 0 Å². The van der Waals surface area contributed by atoms with Crippen molar-refractivity contribution in [2.45, 2.75) is 25.9 Å². The van der Waals surface area contributed by atoms with Crippen molar-refractivity contribution in [3.8, 4) is 5.69 Å². The van der Waals surface area contributed by atoms with Crippen LogP contribution in [0.5, 0.6) is 0 Å². The fourth-order valence-corrected chi connectivity index (χ4v) is 3.17. The lowest BCUT2D eigenvalue weighted by molar-refractivity contribution is -0.141. The Labute approximate surface area is 158 Å². The number of rotatable bonds is 4. The van der Waals surface area contributed by atoms with E-state index in [0.29, 0.717) is 36.5 Å². The molecule has 28 heavy (non-hydrogen) atoms. The van der Waals surface area contributed by atoms with Crippen LogP contribution in [-0.4, -0.2) is 44.9 Å². The number of nitrogens with one attached hydrogen (secondary N) is 1. The van der Waals surface area contributed by atoms with E-state index < -0.39 is 29.7 Å². The number of benzene rings is 1. The number of carbonyl (C=O) groups excluding carboxylic acids is 1. The minimum atomic E-state index is -4.42.